The number of hydrogen-bond acceptors (Lipinski definition) is 8. The van der Waals surface area contributed by atoms with Gasteiger partial charge in [-0.25, -0.2) is 0 Å². The molecule has 0 aromatic heterocycles. The number of hydrogen-bond donors (Lipinski definition) is 0. The van der Waals surface area contributed by atoms with Crippen molar-refractivity contribution in [2.24, 2.45) is 23.7 Å². The molecule has 0 aliphatic carbocycles. The molecule has 0 N–H and O–H groups in total. The number of carbonyl (C=O) groups is 4. The summed E-state index contributed by atoms with van der Waals surface area (Å²) in [5, 5.41) is 41.5. The summed E-state index contributed by atoms with van der Waals surface area (Å²) in [7, 11) is 0. The summed E-state index contributed by atoms with van der Waals surface area (Å²) in [4.78, 5) is 41.5. The van der Waals surface area contributed by atoms with Crippen LogP contribution in [0.15, 0.2) is 0 Å². The smallest absolute Gasteiger partial charge is 0.550 e. The van der Waals surface area contributed by atoms with Gasteiger partial charge in [-0.05, 0) is 75.0 Å². The number of aliphatic carboxylic acids is 4. The molecule has 240 valence electrons. The Morgan fingerprint density at radius 3 is 0.455 bits per heavy atom. The van der Waals surface area contributed by atoms with Crippen molar-refractivity contribution in [3.05, 3.63) is 0 Å². The van der Waals surface area contributed by atoms with Gasteiger partial charge in [-0.2, -0.15) is 0 Å². The molecule has 0 spiro atoms. The van der Waals surface area contributed by atoms with Crippen LogP contribution in [0.1, 0.15) is 158 Å². The largest absolute Gasteiger partial charge is 1.00 e. The molecule has 0 rings (SSSR count). The molecule has 12 heteroatoms. The Bertz CT molecular complexity index is 497. The van der Waals surface area contributed by atoms with E-state index in [0.717, 1.165) is 103 Å². The average Bonchev–Trinajstić information content (AvgIpc) is 2.89. The van der Waals surface area contributed by atoms with Crippen LogP contribution >= 0.6 is 0 Å². The Balaban J connectivity index is -0.0000000635. The van der Waals surface area contributed by atoms with Crippen LogP contribution in [0.2, 0.25) is 0 Å². The maximum absolute atomic E-state index is 10.4. The van der Waals surface area contributed by atoms with E-state index in [1.54, 1.807) is 0 Å². The van der Waals surface area contributed by atoms with Crippen LogP contribution in [-0.2, 0) is 19.2 Å². The molecule has 0 saturated heterocycles. The molecule has 0 fully saturated rings. The van der Waals surface area contributed by atoms with Gasteiger partial charge in [0, 0.05) is 23.9 Å². The van der Waals surface area contributed by atoms with Gasteiger partial charge < -0.3 is 39.6 Å². The molecule has 0 saturated carbocycles. The Hall–Kier alpha value is 4.43. The molecule has 0 atom stereocenters. The first kappa shape index (κ1) is 66.6. The summed E-state index contributed by atoms with van der Waals surface area (Å²) in [5.41, 5.74) is 0. The van der Waals surface area contributed by atoms with E-state index in [4.69, 9.17) is 0 Å². The summed E-state index contributed by atoms with van der Waals surface area (Å²) >= 11 is 0. The van der Waals surface area contributed by atoms with Crippen molar-refractivity contribution in [2.45, 2.75) is 158 Å². The van der Waals surface area contributed by atoms with Crippen LogP contribution in [0.25, 0.3) is 0 Å². The summed E-state index contributed by atoms with van der Waals surface area (Å²) in [6, 6.07) is 0. The molecule has 0 amide bonds. The summed E-state index contributed by atoms with van der Waals surface area (Å²) in [6.07, 6.45) is 13.5. The molecule has 44 heavy (non-hydrogen) atoms. The summed E-state index contributed by atoms with van der Waals surface area (Å²) in [6.45, 7) is 15.9. The van der Waals surface area contributed by atoms with Crippen molar-refractivity contribution in [3.8, 4) is 0 Å². The van der Waals surface area contributed by atoms with E-state index >= 15 is 0 Å². The molecule has 0 bridgehead atoms. The normalized spacial score (nSPS) is 9.36. The molecule has 0 heterocycles. The molecule has 0 aromatic rings. The van der Waals surface area contributed by atoms with E-state index in [0.29, 0.717) is 0 Å². The van der Waals surface area contributed by atoms with Crippen molar-refractivity contribution in [2.75, 3.05) is 0 Å². The Morgan fingerprint density at radius 2 is 0.409 bits per heavy atom. The van der Waals surface area contributed by atoms with Gasteiger partial charge in [-0.15, -0.1) is 0 Å². The maximum atomic E-state index is 10.4. The number of carbonyl (C=O) groups excluding carboxylic acids is 4. The molecule has 0 aromatic carbocycles. The van der Waals surface area contributed by atoms with Gasteiger partial charge in [-0.3, -0.25) is 0 Å². The fourth-order valence-electron chi connectivity index (χ4n) is 4.31. The second-order valence-electron chi connectivity index (χ2n) is 10.4. The number of carboxylic acids is 4. The van der Waals surface area contributed by atoms with E-state index in [9.17, 15) is 39.6 Å². The van der Waals surface area contributed by atoms with Crippen molar-refractivity contribution in [1.82, 2.24) is 0 Å². The first-order chi connectivity index (χ1) is 18.9. The van der Waals surface area contributed by atoms with Gasteiger partial charge in [0.1, 0.15) is 0 Å². The second-order valence-corrected chi connectivity index (χ2v) is 10.4. The minimum absolute atomic E-state index is 0. The second kappa shape index (κ2) is 51.8. The number of rotatable bonds is 20. The van der Waals surface area contributed by atoms with Gasteiger partial charge in [0.25, 0.3) is 0 Å². The predicted molar refractivity (Wildman–Crippen MR) is 153 cm³/mol. The Labute approximate surface area is 441 Å². The van der Waals surface area contributed by atoms with Crippen LogP contribution in [-0.4, -0.2) is 23.9 Å². The average molecular weight is 729 g/mol. The quantitative estimate of drug-likeness (QED) is 0.112. The van der Waals surface area contributed by atoms with Crippen molar-refractivity contribution in [1.29, 1.82) is 0 Å². The zero-order valence-corrected chi connectivity index (χ0v) is 43.4. The van der Waals surface area contributed by atoms with Crippen molar-refractivity contribution >= 4 is 23.9 Å². The minimum Gasteiger partial charge on any atom is -0.550 e. The van der Waals surface area contributed by atoms with E-state index in [1.807, 2.05) is 55.4 Å². The molecule has 0 radical (unpaired) electrons. The number of carboxylic acid groups (broad SMARTS) is 4. The van der Waals surface area contributed by atoms with E-state index in [1.165, 1.54) is 0 Å². The Morgan fingerprint density at radius 1 is 0.318 bits per heavy atom. The maximum Gasteiger partial charge on any atom is 1.00 e. The first-order valence-corrected chi connectivity index (χ1v) is 15.7. The monoisotopic (exact) mass is 728 g/mol. The molecule has 0 aliphatic rings. The standard InChI is InChI=1S/4C8H16O2.4K/c4*1-3-5-7(6-4-2)8(9)10;;;;/h4*7H,3-6H2,1-2H3,(H,9,10);;;;/q;;;;4*+1/p-4. The SMILES string of the molecule is CCCC(CCC)C(=O)[O-].CCCC(CCC)C(=O)[O-].CCCC(CCC)C(=O)[O-].CCCC(CCC)C(=O)[O-].[K+].[K+].[K+].[K+]. The van der Waals surface area contributed by atoms with Gasteiger partial charge >= 0.3 is 206 Å². The first-order valence-electron chi connectivity index (χ1n) is 15.7. The third kappa shape index (κ3) is 48.5. The van der Waals surface area contributed by atoms with Gasteiger partial charge in [-0.1, -0.05) is 107 Å². The molecular formula is C32H60K4O8. The molecule has 0 aliphatic heterocycles. The molecular weight excluding hydrogens is 669 g/mol. The summed E-state index contributed by atoms with van der Waals surface area (Å²) < 4.78 is 0. The predicted octanol–water partition coefficient (Wildman–Crippen LogP) is -8.17. The molecule has 0 unspecified atom stereocenters. The van der Waals surface area contributed by atoms with Crippen molar-refractivity contribution < 1.29 is 245 Å². The van der Waals surface area contributed by atoms with E-state index in [-0.39, 0.29) is 229 Å². The third-order valence-electron chi connectivity index (χ3n) is 6.43. The topological polar surface area (TPSA) is 161 Å². The van der Waals surface area contributed by atoms with Crippen LogP contribution < -0.4 is 226 Å². The zero-order valence-electron chi connectivity index (χ0n) is 30.9. The van der Waals surface area contributed by atoms with Crippen LogP contribution in [0.4, 0.5) is 0 Å². The van der Waals surface area contributed by atoms with Crippen molar-refractivity contribution in [3.63, 3.8) is 0 Å². The summed E-state index contributed by atoms with van der Waals surface area (Å²) in [5.74, 6) is -4.39. The fraction of sp³-hybridized carbons (Fsp3) is 0.875. The van der Waals surface area contributed by atoms with Gasteiger partial charge in [0.2, 0.25) is 0 Å². The minimum atomic E-state index is -0.885. The van der Waals surface area contributed by atoms with Crippen LogP contribution in [0, 0.1) is 23.7 Å². The van der Waals surface area contributed by atoms with E-state index in [2.05, 4.69) is 0 Å². The van der Waals surface area contributed by atoms with Crippen LogP contribution in [0.5, 0.6) is 0 Å². The molecule has 8 nitrogen and oxygen atoms in total. The van der Waals surface area contributed by atoms with E-state index < -0.39 is 23.9 Å². The fourth-order valence-corrected chi connectivity index (χ4v) is 4.31. The Kier molecular flexibility index (Phi) is 78.5. The third-order valence-corrected chi connectivity index (χ3v) is 6.43. The van der Waals surface area contributed by atoms with Gasteiger partial charge in [0.15, 0.2) is 0 Å². The van der Waals surface area contributed by atoms with Crippen LogP contribution in [0.3, 0.4) is 0 Å². The van der Waals surface area contributed by atoms with Gasteiger partial charge in [0.05, 0.1) is 0 Å². The zero-order chi connectivity index (χ0) is 31.9.